The van der Waals surface area contributed by atoms with Gasteiger partial charge in [-0.3, -0.25) is 0 Å². The number of hydrogen-bond acceptors (Lipinski definition) is 5. The van der Waals surface area contributed by atoms with Crippen molar-refractivity contribution in [2.75, 3.05) is 11.1 Å². The quantitative estimate of drug-likeness (QED) is 0.688. The van der Waals surface area contributed by atoms with Crippen LogP contribution in [0.1, 0.15) is 16.5 Å². The first-order valence-electron chi connectivity index (χ1n) is 6.55. The topological polar surface area (TPSA) is 71.2 Å². The first-order valence-corrected chi connectivity index (χ1v) is 7.37. The number of aliphatic hydroxyl groups is 1. The van der Waals surface area contributed by atoms with Crippen molar-refractivity contribution in [2.24, 2.45) is 0 Å². The predicted molar refractivity (Wildman–Crippen MR) is 86.8 cm³/mol. The Bertz CT molecular complexity index is 713. The van der Waals surface area contributed by atoms with Crippen molar-refractivity contribution in [1.29, 1.82) is 0 Å². The second-order valence-electron chi connectivity index (χ2n) is 4.57. The molecular formula is C16H15N3OS. The lowest BCUT2D eigenvalue weighted by Gasteiger charge is -2.08. The fourth-order valence-corrected chi connectivity index (χ4v) is 2.94. The van der Waals surface area contributed by atoms with Crippen molar-refractivity contribution in [3.05, 3.63) is 71.1 Å². The Morgan fingerprint density at radius 2 is 1.62 bits per heavy atom. The van der Waals surface area contributed by atoms with Crippen molar-refractivity contribution in [2.45, 2.75) is 6.10 Å². The molecule has 1 heterocycles. The van der Waals surface area contributed by atoms with E-state index in [1.807, 2.05) is 60.7 Å². The maximum atomic E-state index is 10.4. The number of benzene rings is 2. The summed E-state index contributed by atoms with van der Waals surface area (Å²) in [5, 5.41) is 14.3. The normalized spacial score (nSPS) is 12.0. The average Bonchev–Trinajstić information content (AvgIpc) is 2.89. The zero-order valence-electron chi connectivity index (χ0n) is 11.2. The largest absolute Gasteiger partial charge is 0.383 e. The maximum absolute atomic E-state index is 10.4. The lowest BCUT2D eigenvalue weighted by Crippen LogP contribution is -2.00. The van der Waals surface area contributed by atoms with Gasteiger partial charge in [0.15, 0.2) is 5.13 Å². The van der Waals surface area contributed by atoms with E-state index in [2.05, 4.69) is 10.3 Å². The van der Waals surface area contributed by atoms with Gasteiger partial charge in [0.05, 0.1) is 4.88 Å². The monoisotopic (exact) mass is 297 g/mol. The standard InChI is InChI=1S/C16H15N3OS/c17-15-14(13(20)11-7-3-1-4-8-11)21-16(19-15)18-12-9-5-2-6-10-12/h1-10,13,20H,17H2,(H,18,19). The molecular weight excluding hydrogens is 282 g/mol. The van der Waals surface area contributed by atoms with Gasteiger partial charge in [0, 0.05) is 5.69 Å². The van der Waals surface area contributed by atoms with E-state index in [0.29, 0.717) is 15.8 Å². The molecule has 4 nitrogen and oxygen atoms in total. The third kappa shape index (κ3) is 3.04. The number of thiazole rings is 1. The molecule has 0 amide bonds. The van der Waals surface area contributed by atoms with E-state index < -0.39 is 6.10 Å². The minimum Gasteiger partial charge on any atom is -0.383 e. The second-order valence-corrected chi connectivity index (χ2v) is 5.60. The zero-order chi connectivity index (χ0) is 14.7. The molecule has 0 bridgehead atoms. The molecule has 3 aromatic rings. The van der Waals surface area contributed by atoms with Crippen LogP contribution in [0.4, 0.5) is 16.6 Å². The van der Waals surface area contributed by atoms with Gasteiger partial charge in [-0.1, -0.05) is 59.9 Å². The van der Waals surface area contributed by atoms with E-state index in [4.69, 9.17) is 5.73 Å². The molecule has 1 unspecified atom stereocenters. The van der Waals surface area contributed by atoms with E-state index in [1.165, 1.54) is 11.3 Å². The van der Waals surface area contributed by atoms with E-state index in [0.717, 1.165) is 11.3 Å². The van der Waals surface area contributed by atoms with Gasteiger partial charge in [-0.2, -0.15) is 0 Å². The molecule has 0 aliphatic rings. The molecule has 2 aromatic carbocycles. The highest BCUT2D eigenvalue weighted by atomic mass is 32.1. The number of aliphatic hydroxyl groups excluding tert-OH is 1. The summed E-state index contributed by atoms with van der Waals surface area (Å²) in [6, 6.07) is 19.2. The van der Waals surface area contributed by atoms with Gasteiger partial charge < -0.3 is 16.2 Å². The van der Waals surface area contributed by atoms with Crippen LogP contribution < -0.4 is 11.1 Å². The molecule has 1 aromatic heterocycles. The van der Waals surface area contributed by atoms with E-state index in [-0.39, 0.29) is 0 Å². The van der Waals surface area contributed by atoms with Gasteiger partial charge in [-0.15, -0.1) is 0 Å². The Labute approximate surface area is 126 Å². The number of hydrogen-bond donors (Lipinski definition) is 3. The van der Waals surface area contributed by atoms with Crippen LogP contribution in [-0.4, -0.2) is 10.1 Å². The van der Waals surface area contributed by atoms with E-state index in [9.17, 15) is 5.11 Å². The fourth-order valence-electron chi connectivity index (χ4n) is 2.02. The minimum absolute atomic E-state index is 0.356. The van der Waals surface area contributed by atoms with Gasteiger partial charge in [0.2, 0.25) is 0 Å². The molecule has 4 N–H and O–H groups in total. The van der Waals surface area contributed by atoms with Crippen molar-refractivity contribution in [3.63, 3.8) is 0 Å². The third-order valence-electron chi connectivity index (χ3n) is 3.07. The molecule has 106 valence electrons. The average molecular weight is 297 g/mol. The lowest BCUT2D eigenvalue weighted by molar-refractivity contribution is 0.224. The summed E-state index contributed by atoms with van der Waals surface area (Å²) in [5.41, 5.74) is 7.67. The zero-order valence-corrected chi connectivity index (χ0v) is 12.0. The summed E-state index contributed by atoms with van der Waals surface area (Å²) in [6.07, 6.45) is -0.755. The maximum Gasteiger partial charge on any atom is 0.189 e. The molecule has 1 atom stereocenters. The highest BCUT2D eigenvalue weighted by molar-refractivity contribution is 7.16. The van der Waals surface area contributed by atoms with Crippen LogP contribution in [0.3, 0.4) is 0 Å². The van der Waals surface area contributed by atoms with Crippen LogP contribution in [0.2, 0.25) is 0 Å². The van der Waals surface area contributed by atoms with Crippen LogP contribution in [0.15, 0.2) is 60.7 Å². The molecule has 3 rings (SSSR count). The molecule has 21 heavy (non-hydrogen) atoms. The van der Waals surface area contributed by atoms with Crippen molar-refractivity contribution in [1.82, 2.24) is 4.98 Å². The third-order valence-corrected chi connectivity index (χ3v) is 4.11. The number of aromatic nitrogens is 1. The van der Waals surface area contributed by atoms with Gasteiger partial charge in [-0.05, 0) is 17.7 Å². The Kier molecular flexibility index (Phi) is 3.85. The first kappa shape index (κ1) is 13.6. The second kappa shape index (κ2) is 5.95. The highest BCUT2D eigenvalue weighted by Crippen LogP contribution is 2.35. The van der Waals surface area contributed by atoms with E-state index >= 15 is 0 Å². The summed E-state index contributed by atoms with van der Waals surface area (Å²) in [7, 11) is 0. The number of nitrogens with two attached hydrogens (primary N) is 1. The number of rotatable bonds is 4. The summed E-state index contributed by atoms with van der Waals surface area (Å²) in [5.74, 6) is 0.356. The Morgan fingerprint density at radius 3 is 2.29 bits per heavy atom. The summed E-state index contributed by atoms with van der Waals surface area (Å²) in [4.78, 5) is 4.93. The predicted octanol–water partition coefficient (Wildman–Crippen LogP) is 3.55. The molecule has 0 aliphatic carbocycles. The highest BCUT2D eigenvalue weighted by Gasteiger charge is 2.18. The number of para-hydroxylation sites is 1. The number of nitrogens with zero attached hydrogens (tertiary/aromatic N) is 1. The first-order chi connectivity index (χ1) is 10.2. The fraction of sp³-hybridized carbons (Fsp3) is 0.0625. The van der Waals surface area contributed by atoms with Gasteiger partial charge in [0.25, 0.3) is 0 Å². The van der Waals surface area contributed by atoms with Crippen LogP contribution in [0.5, 0.6) is 0 Å². The smallest absolute Gasteiger partial charge is 0.189 e. The molecule has 0 radical (unpaired) electrons. The lowest BCUT2D eigenvalue weighted by atomic mass is 10.1. The van der Waals surface area contributed by atoms with E-state index in [1.54, 1.807) is 0 Å². The summed E-state index contributed by atoms with van der Waals surface area (Å²) in [6.45, 7) is 0. The van der Waals surface area contributed by atoms with Crippen molar-refractivity contribution < 1.29 is 5.11 Å². The number of nitrogen functional groups attached to an aromatic ring is 1. The van der Waals surface area contributed by atoms with Gasteiger partial charge >= 0.3 is 0 Å². The van der Waals surface area contributed by atoms with Crippen molar-refractivity contribution in [3.8, 4) is 0 Å². The number of anilines is 3. The summed E-state index contributed by atoms with van der Waals surface area (Å²) >= 11 is 1.36. The molecule has 5 heteroatoms. The Morgan fingerprint density at radius 1 is 1.00 bits per heavy atom. The van der Waals surface area contributed by atoms with Crippen LogP contribution in [0, 0.1) is 0 Å². The Balaban J connectivity index is 1.85. The molecule has 0 saturated heterocycles. The van der Waals surface area contributed by atoms with Crippen LogP contribution in [0.25, 0.3) is 0 Å². The molecule has 0 aliphatic heterocycles. The van der Waals surface area contributed by atoms with Gasteiger partial charge in [-0.25, -0.2) is 4.98 Å². The Hall–Kier alpha value is -2.37. The molecule has 0 saturated carbocycles. The summed E-state index contributed by atoms with van der Waals surface area (Å²) < 4.78 is 0. The molecule has 0 spiro atoms. The molecule has 0 fully saturated rings. The van der Waals surface area contributed by atoms with Crippen LogP contribution in [-0.2, 0) is 0 Å². The SMILES string of the molecule is Nc1nc(Nc2ccccc2)sc1C(O)c1ccccc1. The van der Waals surface area contributed by atoms with Crippen LogP contribution >= 0.6 is 11.3 Å². The number of nitrogens with one attached hydrogen (secondary N) is 1. The minimum atomic E-state index is -0.755. The van der Waals surface area contributed by atoms with Crippen molar-refractivity contribution >= 4 is 28.0 Å². The van der Waals surface area contributed by atoms with Gasteiger partial charge in [0.1, 0.15) is 11.9 Å².